The molecule has 1 unspecified atom stereocenters. The monoisotopic (exact) mass is 438 g/mol. The van der Waals surface area contributed by atoms with Crippen molar-refractivity contribution in [1.29, 1.82) is 0 Å². The van der Waals surface area contributed by atoms with Gasteiger partial charge in [-0.1, -0.05) is 85.7 Å². The van der Waals surface area contributed by atoms with E-state index in [0.29, 0.717) is 12.2 Å². The minimum absolute atomic E-state index is 0.0926. The van der Waals surface area contributed by atoms with Crippen LogP contribution >= 0.6 is 0 Å². The Bertz CT molecular complexity index is 535. The summed E-state index contributed by atoms with van der Waals surface area (Å²) in [5, 5.41) is 0. The number of carbonyl (C=O) groups excluding carboxylic acids is 3. The number of primary amides is 1. The highest BCUT2D eigenvalue weighted by molar-refractivity contribution is 5.81. The van der Waals surface area contributed by atoms with Crippen molar-refractivity contribution in [2.75, 3.05) is 13.1 Å². The van der Waals surface area contributed by atoms with Gasteiger partial charge in [0, 0.05) is 19.3 Å². The van der Waals surface area contributed by atoms with Gasteiger partial charge in [0.1, 0.15) is 11.6 Å². The van der Waals surface area contributed by atoms with Crippen molar-refractivity contribution in [3.63, 3.8) is 0 Å². The highest BCUT2D eigenvalue weighted by atomic mass is 16.1. The number of likely N-dealkylation sites (N-methyl/N-ethyl adjacent to an activating group) is 1. The summed E-state index contributed by atoms with van der Waals surface area (Å²) in [7, 11) is 0. The van der Waals surface area contributed by atoms with E-state index in [1.165, 1.54) is 12.5 Å². The molecule has 0 bridgehead atoms. The van der Waals surface area contributed by atoms with Crippen molar-refractivity contribution in [2.45, 2.75) is 95.0 Å². The third kappa shape index (κ3) is 26.0. The SMILES string of the molecule is CC.CC.CC(C)C(=O)CCc1ccccc1.CC(N)=O.CCN(CC)C(C)C(C)=O. The third-order valence-electron chi connectivity index (χ3n) is 4.10. The van der Waals surface area contributed by atoms with Gasteiger partial charge in [-0.05, 0) is 38.9 Å². The van der Waals surface area contributed by atoms with Gasteiger partial charge in [-0.3, -0.25) is 19.3 Å². The average Bonchev–Trinajstić information content (AvgIpc) is 2.76. The molecule has 1 rings (SSSR count). The van der Waals surface area contributed by atoms with Crippen molar-refractivity contribution in [3.8, 4) is 0 Å². The lowest BCUT2D eigenvalue weighted by atomic mass is 10.0. The van der Waals surface area contributed by atoms with Gasteiger partial charge in [0.25, 0.3) is 0 Å². The molecule has 0 spiro atoms. The van der Waals surface area contributed by atoms with E-state index in [-0.39, 0.29) is 23.7 Å². The Morgan fingerprint density at radius 2 is 1.26 bits per heavy atom. The highest BCUT2D eigenvalue weighted by Crippen LogP contribution is 2.06. The van der Waals surface area contributed by atoms with Gasteiger partial charge >= 0.3 is 0 Å². The van der Waals surface area contributed by atoms with Gasteiger partial charge in [-0.2, -0.15) is 0 Å². The van der Waals surface area contributed by atoms with E-state index in [9.17, 15) is 14.4 Å². The van der Waals surface area contributed by atoms with E-state index in [4.69, 9.17) is 0 Å². The zero-order chi connectivity index (χ0) is 25.4. The fourth-order valence-corrected chi connectivity index (χ4v) is 2.23. The summed E-state index contributed by atoms with van der Waals surface area (Å²) in [6, 6.07) is 10.2. The summed E-state index contributed by atoms with van der Waals surface area (Å²) in [6.45, 7) is 22.9. The molecule has 1 amide bonds. The summed E-state index contributed by atoms with van der Waals surface area (Å²) in [5.41, 5.74) is 5.72. The fraction of sp³-hybridized carbons (Fsp3) is 0.654. The van der Waals surface area contributed by atoms with Crippen molar-refractivity contribution >= 4 is 17.5 Å². The van der Waals surface area contributed by atoms with Crippen molar-refractivity contribution in [1.82, 2.24) is 4.90 Å². The van der Waals surface area contributed by atoms with Crippen LogP contribution in [0.25, 0.3) is 0 Å². The summed E-state index contributed by atoms with van der Waals surface area (Å²) in [6.07, 6.45) is 1.54. The highest BCUT2D eigenvalue weighted by Gasteiger charge is 2.13. The van der Waals surface area contributed by atoms with Gasteiger partial charge < -0.3 is 5.73 Å². The first kappa shape index (κ1) is 36.4. The molecule has 0 aliphatic carbocycles. The maximum Gasteiger partial charge on any atom is 0.214 e. The molecule has 0 aliphatic heterocycles. The molecule has 1 atom stereocenters. The number of ketones is 2. The normalized spacial score (nSPS) is 9.97. The predicted molar refractivity (Wildman–Crippen MR) is 135 cm³/mol. The molecule has 5 nitrogen and oxygen atoms in total. The number of Topliss-reactive ketones (excluding diaryl/α,β-unsaturated/α-hetero) is 2. The molecule has 5 heteroatoms. The summed E-state index contributed by atoms with van der Waals surface area (Å²) in [4.78, 5) is 33.5. The van der Waals surface area contributed by atoms with E-state index < -0.39 is 0 Å². The molecular formula is C26H50N2O3. The molecule has 0 aliphatic rings. The van der Waals surface area contributed by atoms with Crippen LogP contribution in [0.3, 0.4) is 0 Å². The lowest BCUT2D eigenvalue weighted by Crippen LogP contribution is -2.37. The Labute approximate surface area is 192 Å². The van der Waals surface area contributed by atoms with Gasteiger partial charge in [0.15, 0.2) is 0 Å². The van der Waals surface area contributed by atoms with Crippen LogP contribution in [0.1, 0.15) is 88.1 Å². The minimum Gasteiger partial charge on any atom is -0.370 e. The second kappa shape index (κ2) is 26.0. The Balaban J connectivity index is -0.000000180. The van der Waals surface area contributed by atoms with Gasteiger partial charge in [0.2, 0.25) is 5.91 Å². The molecule has 0 saturated heterocycles. The molecule has 31 heavy (non-hydrogen) atoms. The van der Waals surface area contributed by atoms with Gasteiger partial charge in [0.05, 0.1) is 6.04 Å². The summed E-state index contributed by atoms with van der Waals surface area (Å²) in [5.74, 6) is 0.441. The predicted octanol–water partition coefficient (Wildman–Crippen LogP) is 5.69. The molecule has 182 valence electrons. The van der Waals surface area contributed by atoms with E-state index in [0.717, 1.165) is 19.5 Å². The standard InChI is InChI=1S/C12H16O.C8H17NO.C2H5NO.2C2H6/c1-10(2)12(13)9-8-11-6-4-3-5-7-11;1-5-9(6-2)7(3)8(4)10;1-2(3)4;2*1-2/h3-7,10H,8-9H2,1-2H3;7H,5-6H2,1-4H3;1H3,(H2,3,4);2*1-2H3. The second-order valence-corrected chi connectivity index (χ2v) is 6.73. The summed E-state index contributed by atoms with van der Waals surface area (Å²) >= 11 is 0. The summed E-state index contributed by atoms with van der Waals surface area (Å²) < 4.78 is 0. The number of amides is 1. The van der Waals surface area contributed by atoms with E-state index in [1.807, 2.05) is 66.7 Å². The molecule has 0 fully saturated rings. The van der Waals surface area contributed by atoms with Gasteiger partial charge in [-0.15, -0.1) is 0 Å². The van der Waals surface area contributed by atoms with Crippen molar-refractivity contribution < 1.29 is 14.4 Å². The lowest BCUT2D eigenvalue weighted by Gasteiger charge is -2.23. The number of hydrogen-bond acceptors (Lipinski definition) is 4. The molecule has 0 heterocycles. The first-order chi connectivity index (χ1) is 14.6. The zero-order valence-corrected chi connectivity index (χ0v) is 22.1. The number of aryl methyl sites for hydroxylation is 1. The molecule has 0 aromatic heterocycles. The molecule has 1 aromatic rings. The Hall–Kier alpha value is -2.01. The second-order valence-electron chi connectivity index (χ2n) is 6.73. The van der Waals surface area contributed by atoms with Crippen molar-refractivity contribution in [2.24, 2.45) is 11.7 Å². The molecule has 0 saturated carbocycles. The van der Waals surface area contributed by atoms with Crippen LogP contribution in [0.4, 0.5) is 0 Å². The van der Waals surface area contributed by atoms with Crippen LogP contribution in [-0.2, 0) is 20.8 Å². The van der Waals surface area contributed by atoms with Crippen LogP contribution in [0.2, 0.25) is 0 Å². The number of benzene rings is 1. The number of nitrogens with two attached hydrogens (primary N) is 1. The molecule has 1 aromatic carbocycles. The van der Waals surface area contributed by atoms with Crippen LogP contribution in [0, 0.1) is 5.92 Å². The topological polar surface area (TPSA) is 80.5 Å². The van der Waals surface area contributed by atoms with E-state index >= 15 is 0 Å². The third-order valence-corrected chi connectivity index (χ3v) is 4.10. The maximum absolute atomic E-state index is 11.3. The first-order valence-corrected chi connectivity index (χ1v) is 11.6. The number of hydrogen-bond donors (Lipinski definition) is 1. The molecule has 0 radical (unpaired) electrons. The van der Waals surface area contributed by atoms with Crippen molar-refractivity contribution in [3.05, 3.63) is 35.9 Å². The minimum atomic E-state index is -0.333. The van der Waals surface area contributed by atoms with Crippen LogP contribution in [-0.4, -0.2) is 41.5 Å². The quantitative estimate of drug-likeness (QED) is 0.565. The van der Waals surface area contributed by atoms with E-state index in [2.05, 4.69) is 36.6 Å². The maximum atomic E-state index is 11.3. The van der Waals surface area contributed by atoms with Gasteiger partial charge in [-0.25, -0.2) is 0 Å². The lowest BCUT2D eigenvalue weighted by molar-refractivity contribution is -0.122. The first-order valence-electron chi connectivity index (χ1n) is 11.6. The molecule has 2 N–H and O–H groups in total. The number of carbonyl (C=O) groups is 3. The Kier molecular flexibility index (Phi) is 30.5. The zero-order valence-electron chi connectivity index (χ0n) is 22.1. The van der Waals surface area contributed by atoms with Crippen LogP contribution < -0.4 is 5.73 Å². The Morgan fingerprint density at radius 3 is 1.52 bits per heavy atom. The van der Waals surface area contributed by atoms with E-state index in [1.54, 1.807) is 6.92 Å². The van der Waals surface area contributed by atoms with Crippen LogP contribution in [0.15, 0.2) is 30.3 Å². The molecular weight excluding hydrogens is 388 g/mol. The van der Waals surface area contributed by atoms with Crippen LogP contribution in [0.5, 0.6) is 0 Å². The number of rotatable bonds is 8. The fourth-order valence-electron chi connectivity index (χ4n) is 2.23. The largest absolute Gasteiger partial charge is 0.370 e. The smallest absolute Gasteiger partial charge is 0.214 e. The average molecular weight is 439 g/mol. The Morgan fingerprint density at radius 1 is 0.871 bits per heavy atom. The number of nitrogens with zero attached hydrogens (tertiary/aromatic N) is 1.